The fourth-order valence-electron chi connectivity index (χ4n) is 3.72. The number of benzene rings is 2. The number of halogens is 2. The molecule has 3 nitrogen and oxygen atoms in total. The fraction of sp³-hybridized carbons (Fsp3) is 0.348. The van der Waals surface area contributed by atoms with E-state index in [0.717, 1.165) is 23.8 Å². The molecule has 1 unspecified atom stereocenters. The lowest BCUT2D eigenvalue weighted by molar-refractivity contribution is -0.117. The first kappa shape index (κ1) is 20.4. The van der Waals surface area contributed by atoms with Crippen molar-refractivity contribution in [2.24, 2.45) is 11.1 Å². The standard InChI is InChI=1S/C23H26F2N2O/c1-23(2,3)12-19(26)22(28)20-17(16-11-15(24)9-10-18(16)25)13-27-21(20)14-7-5-4-6-8-14/h4-11,19,21,27H,12-13,26H2,1-3H3/t19-,21?/m0/s1. The van der Waals surface area contributed by atoms with Crippen molar-refractivity contribution >= 4 is 11.4 Å². The van der Waals surface area contributed by atoms with Crippen molar-refractivity contribution < 1.29 is 13.6 Å². The highest BCUT2D eigenvalue weighted by Crippen LogP contribution is 2.37. The van der Waals surface area contributed by atoms with Crippen molar-refractivity contribution in [1.82, 2.24) is 5.32 Å². The van der Waals surface area contributed by atoms with Crippen LogP contribution in [0.2, 0.25) is 0 Å². The van der Waals surface area contributed by atoms with Crippen molar-refractivity contribution in [2.75, 3.05) is 6.54 Å². The summed E-state index contributed by atoms with van der Waals surface area (Å²) >= 11 is 0. The molecule has 0 spiro atoms. The van der Waals surface area contributed by atoms with Crippen molar-refractivity contribution in [3.05, 3.63) is 76.9 Å². The minimum Gasteiger partial charge on any atom is -0.321 e. The van der Waals surface area contributed by atoms with E-state index in [-0.39, 0.29) is 23.3 Å². The smallest absolute Gasteiger partial charge is 0.177 e. The molecule has 1 heterocycles. The van der Waals surface area contributed by atoms with Crippen LogP contribution in [0.1, 0.15) is 44.4 Å². The third kappa shape index (κ3) is 4.37. The van der Waals surface area contributed by atoms with Crippen molar-refractivity contribution in [3.63, 3.8) is 0 Å². The van der Waals surface area contributed by atoms with Crippen molar-refractivity contribution in [1.29, 1.82) is 0 Å². The lowest BCUT2D eigenvalue weighted by Crippen LogP contribution is -2.37. The molecular weight excluding hydrogens is 358 g/mol. The molecule has 0 saturated heterocycles. The highest BCUT2D eigenvalue weighted by atomic mass is 19.1. The maximum Gasteiger partial charge on any atom is 0.177 e. The van der Waals surface area contributed by atoms with Crippen molar-refractivity contribution in [3.8, 4) is 0 Å². The Morgan fingerprint density at radius 1 is 1.18 bits per heavy atom. The molecule has 2 aromatic rings. The summed E-state index contributed by atoms with van der Waals surface area (Å²) in [4.78, 5) is 13.3. The molecule has 28 heavy (non-hydrogen) atoms. The summed E-state index contributed by atoms with van der Waals surface area (Å²) in [7, 11) is 0. The summed E-state index contributed by atoms with van der Waals surface area (Å²) in [6, 6.07) is 11.7. The molecule has 0 bridgehead atoms. The molecule has 1 aliphatic heterocycles. The number of Topliss-reactive ketones (excluding diaryl/α,β-unsaturated/α-hetero) is 1. The van der Waals surface area contributed by atoms with E-state index in [4.69, 9.17) is 5.73 Å². The molecule has 0 saturated carbocycles. The number of nitrogens with one attached hydrogen (secondary N) is 1. The van der Waals surface area contributed by atoms with E-state index < -0.39 is 23.7 Å². The maximum atomic E-state index is 14.5. The first-order valence-corrected chi connectivity index (χ1v) is 9.44. The van der Waals surface area contributed by atoms with Crippen LogP contribution in [0.4, 0.5) is 8.78 Å². The third-order valence-corrected chi connectivity index (χ3v) is 4.92. The van der Waals surface area contributed by atoms with E-state index in [1.54, 1.807) is 0 Å². The summed E-state index contributed by atoms with van der Waals surface area (Å²) in [6.45, 7) is 6.32. The van der Waals surface area contributed by atoms with Gasteiger partial charge in [-0.15, -0.1) is 0 Å². The summed E-state index contributed by atoms with van der Waals surface area (Å²) in [5.74, 6) is -1.33. The molecule has 0 aromatic heterocycles. The van der Waals surface area contributed by atoms with Gasteiger partial charge in [0.2, 0.25) is 0 Å². The van der Waals surface area contributed by atoms with Crippen LogP contribution in [0.15, 0.2) is 54.1 Å². The van der Waals surface area contributed by atoms with Crippen LogP contribution in [-0.2, 0) is 4.79 Å². The van der Waals surface area contributed by atoms with Crippen LogP contribution in [0.25, 0.3) is 5.57 Å². The van der Waals surface area contributed by atoms with E-state index in [1.807, 2.05) is 51.1 Å². The highest BCUT2D eigenvalue weighted by molar-refractivity contribution is 6.08. The minimum atomic E-state index is -0.715. The molecule has 0 fully saturated rings. The molecule has 0 aliphatic carbocycles. The molecule has 0 amide bonds. The molecule has 1 aliphatic rings. The van der Waals surface area contributed by atoms with Crippen molar-refractivity contribution in [2.45, 2.75) is 39.3 Å². The van der Waals surface area contributed by atoms with Crippen LogP contribution < -0.4 is 11.1 Å². The SMILES string of the molecule is CC(C)(C)C[C@H](N)C(=O)C1=C(c2cc(F)ccc2F)CNC1c1ccccc1. The van der Waals surface area contributed by atoms with Crippen LogP contribution in [0.3, 0.4) is 0 Å². The molecule has 2 aromatic carbocycles. The van der Waals surface area contributed by atoms with Crippen LogP contribution in [-0.4, -0.2) is 18.4 Å². The van der Waals surface area contributed by atoms with E-state index in [9.17, 15) is 13.6 Å². The van der Waals surface area contributed by atoms with Crippen LogP contribution in [0.5, 0.6) is 0 Å². The van der Waals surface area contributed by atoms with Crippen LogP contribution >= 0.6 is 0 Å². The van der Waals surface area contributed by atoms with Crippen LogP contribution in [0, 0.1) is 17.0 Å². The third-order valence-electron chi connectivity index (χ3n) is 4.92. The summed E-state index contributed by atoms with van der Waals surface area (Å²) < 4.78 is 28.3. The van der Waals surface area contributed by atoms with Gasteiger partial charge in [0, 0.05) is 17.7 Å². The summed E-state index contributed by atoms with van der Waals surface area (Å²) in [5, 5.41) is 3.28. The molecule has 3 N–H and O–H groups in total. The van der Waals surface area contributed by atoms with E-state index in [1.165, 1.54) is 0 Å². The largest absolute Gasteiger partial charge is 0.321 e. The number of nitrogens with two attached hydrogens (primary N) is 1. The average molecular weight is 384 g/mol. The van der Waals surface area contributed by atoms with Gasteiger partial charge in [0.25, 0.3) is 0 Å². The molecule has 148 valence electrons. The second-order valence-electron chi connectivity index (χ2n) is 8.48. The van der Waals surface area contributed by atoms with Gasteiger partial charge in [-0.3, -0.25) is 4.79 Å². The second kappa shape index (κ2) is 7.94. The van der Waals surface area contributed by atoms with E-state index in [2.05, 4.69) is 5.32 Å². The Hall–Kier alpha value is -2.37. The number of carbonyl (C=O) groups excluding carboxylic acids is 1. The monoisotopic (exact) mass is 384 g/mol. The topological polar surface area (TPSA) is 55.1 Å². The number of hydrogen-bond donors (Lipinski definition) is 2. The van der Waals surface area contributed by atoms with Gasteiger partial charge in [-0.05, 0) is 41.2 Å². The zero-order chi connectivity index (χ0) is 20.5. The summed E-state index contributed by atoms with van der Waals surface area (Å²) in [5.41, 5.74) is 8.02. The average Bonchev–Trinajstić information content (AvgIpc) is 3.07. The van der Waals surface area contributed by atoms with Gasteiger partial charge < -0.3 is 11.1 Å². The van der Waals surface area contributed by atoms with Gasteiger partial charge in [0.05, 0.1) is 12.1 Å². The molecule has 2 atom stereocenters. The zero-order valence-electron chi connectivity index (χ0n) is 16.4. The Balaban J connectivity index is 2.11. The van der Waals surface area contributed by atoms with Gasteiger partial charge in [0.15, 0.2) is 5.78 Å². The lowest BCUT2D eigenvalue weighted by Gasteiger charge is -2.25. The Bertz CT molecular complexity index is 901. The Morgan fingerprint density at radius 3 is 2.50 bits per heavy atom. The first-order chi connectivity index (χ1) is 13.2. The molecule has 3 rings (SSSR count). The Kier molecular flexibility index (Phi) is 5.77. The molecular formula is C23H26F2N2O. The number of ketones is 1. The highest BCUT2D eigenvalue weighted by Gasteiger charge is 2.36. The minimum absolute atomic E-state index is 0.109. The van der Waals surface area contributed by atoms with Gasteiger partial charge in [0.1, 0.15) is 11.6 Å². The number of rotatable bonds is 5. The molecule has 0 radical (unpaired) electrons. The van der Waals surface area contributed by atoms with E-state index in [0.29, 0.717) is 17.6 Å². The van der Waals surface area contributed by atoms with Gasteiger partial charge in [-0.2, -0.15) is 0 Å². The lowest BCUT2D eigenvalue weighted by atomic mass is 9.82. The van der Waals surface area contributed by atoms with Gasteiger partial charge in [-0.25, -0.2) is 8.78 Å². The van der Waals surface area contributed by atoms with E-state index >= 15 is 0 Å². The van der Waals surface area contributed by atoms with Gasteiger partial charge in [-0.1, -0.05) is 51.1 Å². The normalized spacial score (nSPS) is 18.4. The quantitative estimate of drug-likeness (QED) is 0.804. The maximum absolute atomic E-state index is 14.5. The number of carbonyl (C=O) groups is 1. The van der Waals surface area contributed by atoms with Gasteiger partial charge >= 0.3 is 0 Å². The summed E-state index contributed by atoms with van der Waals surface area (Å²) in [6.07, 6.45) is 0.496. The predicted molar refractivity (Wildman–Crippen MR) is 108 cm³/mol. The first-order valence-electron chi connectivity index (χ1n) is 9.44. The second-order valence-corrected chi connectivity index (χ2v) is 8.48. The number of hydrogen-bond acceptors (Lipinski definition) is 3. The molecule has 5 heteroatoms. The fourth-order valence-corrected chi connectivity index (χ4v) is 3.72. The Morgan fingerprint density at radius 2 is 1.86 bits per heavy atom. The predicted octanol–water partition coefficient (Wildman–Crippen LogP) is 4.40. The Labute approximate surface area is 164 Å². The zero-order valence-corrected chi connectivity index (χ0v) is 16.4.